The van der Waals surface area contributed by atoms with E-state index in [2.05, 4.69) is 20.2 Å². The Bertz CT molecular complexity index is 746. The first kappa shape index (κ1) is 20.0. The monoisotopic (exact) mass is 385 g/mol. The number of hydrogen-bond acceptors (Lipinski definition) is 7. The Morgan fingerprint density at radius 1 is 1.14 bits per heavy atom. The standard InChI is InChI=1S/C20H27N5O3/c1-14(2)13-27-20(26)25-8-5-16(6-9-25)15(3)28-19-12-21-18(11-22-19)17-4-7-23-24-10-17/h4,7,10-12,14-16H,5-6,8-9,13H2,1-3H3. The number of aromatic nitrogens is 4. The highest BCUT2D eigenvalue weighted by Gasteiger charge is 2.28. The maximum absolute atomic E-state index is 12.1. The summed E-state index contributed by atoms with van der Waals surface area (Å²) < 4.78 is 11.3. The minimum absolute atomic E-state index is 0.00317. The van der Waals surface area contributed by atoms with Crippen molar-refractivity contribution in [1.82, 2.24) is 25.1 Å². The first-order valence-corrected chi connectivity index (χ1v) is 9.70. The summed E-state index contributed by atoms with van der Waals surface area (Å²) in [7, 11) is 0. The molecule has 3 rings (SSSR count). The fourth-order valence-electron chi connectivity index (χ4n) is 3.14. The molecule has 1 atom stereocenters. The third kappa shape index (κ3) is 5.37. The van der Waals surface area contributed by atoms with Crippen LogP contribution in [0.1, 0.15) is 33.6 Å². The minimum atomic E-state index is -0.215. The van der Waals surface area contributed by atoms with Crippen molar-refractivity contribution in [3.63, 3.8) is 0 Å². The van der Waals surface area contributed by atoms with Gasteiger partial charge in [-0.05, 0) is 37.7 Å². The molecule has 0 N–H and O–H groups in total. The second-order valence-electron chi connectivity index (χ2n) is 7.49. The van der Waals surface area contributed by atoms with Crippen molar-refractivity contribution in [2.75, 3.05) is 19.7 Å². The summed E-state index contributed by atoms with van der Waals surface area (Å²) in [6, 6.07) is 1.83. The van der Waals surface area contributed by atoms with Gasteiger partial charge in [-0.3, -0.25) is 0 Å². The largest absolute Gasteiger partial charge is 0.473 e. The summed E-state index contributed by atoms with van der Waals surface area (Å²) in [4.78, 5) is 22.6. The van der Waals surface area contributed by atoms with Crippen LogP contribution in [0.3, 0.4) is 0 Å². The Morgan fingerprint density at radius 3 is 2.54 bits per heavy atom. The van der Waals surface area contributed by atoms with Gasteiger partial charge in [-0.1, -0.05) is 13.8 Å². The predicted octanol–water partition coefficient (Wildman–Crippen LogP) is 3.21. The Morgan fingerprint density at radius 2 is 1.93 bits per heavy atom. The second kappa shape index (κ2) is 9.43. The number of amides is 1. The predicted molar refractivity (Wildman–Crippen MR) is 104 cm³/mol. The van der Waals surface area contributed by atoms with E-state index < -0.39 is 0 Å². The zero-order valence-corrected chi connectivity index (χ0v) is 16.6. The molecule has 0 radical (unpaired) electrons. The molecule has 28 heavy (non-hydrogen) atoms. The first-order valence-electron chi connectivity index (χ1n) is 9.70. The lowest BCUT2D eigenvalue weighted by Crippen LogP contribution is -2.42. The van der Waals surface area contributed by atoms with Crippen LogP contribution in [0.2, 0.25) is 0 Å². The van der Waals surface area contributed by atoms with E-state index in [-0.39, 0.29) is 12.2 Å². The molecule has 1 aliphatic rings. The number of carbonyl (C=O) groups is 1. The van der Waals surface area contributed by atoms with Gasteiger partial charge in [0.15, 0.2) is 0 Å². The van der Waals surface area contributed by atoms with Gasteiger partial charge in [0, 0.05) is 18.7 Å². The molecule has 1 amide bonds. The molecule has 2 aromatic heterocycles. The third-order valence-electron chi connectivity index (χ3n) is 4.82. The molecule has 0 bridgehead atoms. The van der Waals surface area contributed by atoms with Gasteiger partial charge < -0.3 is 14.4 Å². The molecule has 1 unspecified atom stereocenters. The first-order chi connectivity index (χ1) is 13.5. The highest BCUT2D eigenvalue weighted by atomic mass is 16.6. The average molecular weight is 385 g/mol. The smallest absolute Gasteiger partial charge is 0.409 e. The van der Waals surface area contributed by atoms with Crippen LogP contribution in [0.5, 0.6) is 5.88 Å². The molecular weight excluding hydrogens is 358 g/mol. The van der Waals surface area contributed by atoms with Gasteiger partial charge in [0.25, 0.3) is 0 Å². The van der Waals surface area contributed by atoms with Gasteiger partial charge in [-0.2, -0.15) is 10.2 Å². The van der Waals surface area contributed by atoms with Crippen LogP contribution in [-0.2, 0) is 4.74 Å². The number of piperidine rings is 1. The van der Waals surface area contributed by atoms with Crippen LogP contribution in [0.15, 0.2) is 30.9 Å². The van der Waals surface area contributed by atoms with Crippen LogP contribution in [0, 0.1) is 11.8 Å². The van der Waals surface area contributed by atoms with Crippen molar-refractivity contribution in [3.05, 3.63) is 30.9 Å². The summed E-state index contributed by atoms with van der Waals surface area (Å²) in [5.74, 6) is 1.20. The number of nitrogens with zero attached hydrogens (tertiary/aromatic N) is 5. The van der Waals surface area contributed by atoms with Gasteiger partial charge in [0.1, 0.15) is 6.10 Å². The van der Waals surface area contributed by atoms with Crippen molar-refractivity contribution < 1.29 is 14.3 Å². The zero-order valence-electron chi connectivity index (χ0n) is 16.6. The van der Waals surface area contributed by atoms with E-state index in [1.54, 1.807) is 29.7 Å². The fraction of sp³-hybridized carbons (Fsp3) is 0.550. The summed E-state index contributed by atoms with van der Waals surface area (Å²) in [5, 5.41) is 7.60. The van der Waals surface area contributed by atoms with Gasteiger partial charge in [-0.15, -0.1) is 0 Å². The minimum Gasteiger partial charge on any atom is -0.473 e. The van der Waals surface area contributed by atoms with E-state index in [1.165, 1.54) is 0 Å². The molecule has 0 spiro atoms. The molecule has 2 aromatic rings. The van der Waals surface area contributed by atoms with Crippen LogP contribution >= 0.6 is 0 Å². The maximum atomic E-state index is 12.1. The van der Waals surface area contributed by atoms with E-state index in [0.717, 1.165) is 24.1 Å². The van der Waals surface area contributed by atoms with Gasteiger partial charge >= 0.3 is 6.09 Å². The molecule has 150 valence electrons. The van der Waals surface area contributed by atoms with E-state index in [0.29, 0.717) is 37.4 Å². The lowest BCUT2D eigenvalue weighted by molar-refractivity contribution is 0.0575. The Hall–Kier alpha value is -2.77. The third-order valence-corrected chi connectivity index (χ3v) is 4.82. The van der Waals surface area contributed by atoms with Crippen molar-refractivity contribution in [3.8, 4) is 17.1 Å². The Labute approximate surface area is 165 Å². The summed E-state index contributed by atoms with van der Waals surface area (Å²) >= 11 is 0. The van der Waals surface area contributed by atoms with Crippen LogP contribution in [0.4, 0.5) is 4.79 Å². The van der Waals surface area contributed by atoms with Crippen LogP contribution < -0.4 is 4.74 Å². The van der Waals surface area contributed by atoms with Gasteiger partial charge in [-0.25, -0.2) is 14.8 Å². The second-order valence-corrected chi connectivity index (χ2v) is 7.49. The van der Waals surface area contributed by atoms with E-state index in [1.807, 2.05) is 26.8 Å². The van der Waals surface area contributed by atoms with Crippen LogP contribution in [0.25, 0.3) is 11.3 Å². The lowest BCUT2D eigenvalue weighted by atomic mass is 9.92. The molecule has 1 saturated heterocycles. The van der Waals surface area contributed by atoms with Gasteiger partial charge in [0.05, 0.1) is 37.1 Å². The quantitative estimate of drug-likeness (QED) is 0.754. The van der Waals surface area contributed by atoms with Crippen molar-refractivity contribution in [2.24, 2.45) is 11.8 Å². The Balaban J connectivity index is 1.48. The highest BCUT2D eigenvalue weighted by Crippen LogP contribution is 2.24. The van der Waals surface area contributed by atoms with Crippen molar-refractivity contribution >= 4 is 6.09 Å². The fourth-order valence-corrected chi connectivity index (χ4v) is 3.14. The van der Waals surface area contributed by atoms with Crippen LogP contribution in [-0.4, -0.2) is 57.0 Å². The zero-order chi connectivity index (χ0) is 19.9. The summed E-state index contributed by atoms with van der Waals surface area (Å²) in [5.41, 5.74) is 1.59. The van der Waals surface area contributed by atoms with E-state index in [9.17, 15) is 4.79 Å². The van der Waals surface area contributed by atoms with E-state index in [4.69, 9.17) is 9.47 Å². The van der Waals surface area contributed by atoms with Crippen molar-refractivity contribution in [1.29, 1.82) is 0 Å². The lowest BCUT2D eigenvalue weighted by Gasteiger charge is -2.34. The molecule has 8 heteroatoms. The topological polar surface area (TPSA) is 90.3 Å². The summed E-state index contributed by atoms with van der Waals surface area (Å²) in [6.07, 6.45) is 8.11. The number of likely N-dealkylation sites (tertiary alicyclic amines) is 1. The molecule has 1 aliphatic heterocycles. The molecule has 1 fully saturated rings. The molecule has 3 heterocycles. The van der Waals surface area contributed by atoms with Gasteiger partial charge in [0.2, 0.25) is 5.88 Å². The Kier molecular flexibility index (Phi) is 6.73. The maximum Gasteiger partial charge on any atom is 0.409 e. The normalized spacial score (nSPS) is 16.1. The molecular formula is C20H27N5O3. The van der Waals surface area contributed by atoms with Crippen molar-refractivity contribution in [2.45, 2.75) is 39.7 Å². The SMILES string of the molecule is CC(C)COC(=O)N1CCC(C(C)Oc2cnc(-c3ccnnc3)cn2)CC1. The number of carbonyl (C=O) groups excluding carboxylic acids is 1. The molecule has 0 aliphatic carbocycles. The molecule has 0 saturated carbocycles. The highest BCUT2D eigenvalue weighted by molar-refractivity contribution is 5.67. The number of ether oxygens (including phenoxy) is 2. The average Bonchev–Trinajstić information content (AvgIpc) is 2.73. The molecule has 8 nitrogen and oxygen atoms in total. The number of hydrogen-bond donors (Lipinski definition) is 0. The number of rotatable bonds is 6. The molecule has 0 aromatic carbocycles. The summed E-state index contributed by atoms with van der Waals surface area (Å²) in [6.45, 7) is 7.94. The van der Waals surface area contributed by atoms with E-state index >= 15 is 0 Å².